The predicted molar refractivity (Wildman–Crippen MR) is 116 cm³/mol. The number of rotatable bonds is 8. The van der Waals surface area contributed by atoms with Gasteiger partial charge in [-0.2, -0.15) is 0 Å². The van der Waals surface area contributed by atoms with Crippen LogP contribution in [0.3, 0.4) is 0 Å². The highest BCUT2D eigenvalue weighted by molar-refractivity contribution is 7.89. The van der Waals surface area contributed by atoms with Crippen LogP contribution in [-0.4, -0.2) is 52.5 Å². The summed E-state index contributed by atoms with van der Waals surface area (Å²) < 4.78 is 32.9. The Morgan fingerprint density at radius 3 is 2.40 bits per heavy atom. The molecule has 3 N–H and O–H groups in total. The highest BCUT2D eigenvalue weighted by Gasteiger charge is 2.30. The molecule has 0 fully saturated rings. The molecule has 1 heterocycles. The number of carbonyl (C=O) groups is 2. The molecule has 0 saturated heterocycles. The van der Waals surface area contributed by atoms with Crippen molar-refractivity contribution in [3.63, 3.8) is 0 Å². The maximum Gasteiger partial charge on any atom is 0.341 e. The molecule has 1 amide bonds. The average Bonchev–Trinajstić information content (AvgIpc) is 2.96. The van der Waals surface area contributed by atoms with Gasteiger partial charge in [-0.25, -0.2) is 17.9 Å². The Labute approximate surface area is 176 Å². The molecule has 2 aromatic rings. The Morgan fingerprint density at radius 1 is 1.13 bits per heavy atom. The number of carbonyl (C=O) groups excluding carboxylic acids is 2. The smallest absolute Gasteiger partial charge is 0.341 e. The van der Waals surface area contributed by atoms with E-state index < -0.39 is 28.4 Å². The minimum atomic E-state index is -4.13. The number of aryl methyl sites for hydroxylation is 3. The van der Waals surface area contributed by atoms with Gasteiger partial charge in [0.2, 0.25) is 15.9 Å². The largest absolute Gasteiger partial charge is 0.462 e. The molecular weight excluding hydrogens is 408 g/mol. The zero-order chi connectivity index (χ0) is 22.6. The highest BCUT2D eigenvalue weighted by Crippen LogP contribution is 2.25. The van der Waals surface area contributed by atoms with Crippen LogP contribution in [0.2, 0.25) is 0 Å². The summed E-state index contributed by atoms with van der Waals surface area (Å²) in [6.07, 6.45) is 0. The third kappa shape index (κ3) is 5.19. The second kappa shape index (κ2) is 9.31. The van der Waals surface area contributed by atoms with Crippen molar-refractivity contribution in [3.8, 4) is 0 Å². The number of ether oxygens (including phenoxy) is 1. The van der Waals surface area contributed by atoms with Crippen molar-refractivity contribution in [2.75, 3.05) is 37.5 Å². The molecule has 0 aliphatic heterocycles. The Bertz CT molecular complexity index is 1060. The summed E-state index contributed by atoms with van der Waals surface area (Å²) in [6, 6.07) is 5.42. The lowest BCUT2D eigenvalue weighted by molar-refractivity contribution is -0.115. The highest BCUT2D eigenvalue weighted by atomic mass is 32.2. The van der Waals surface area contributed by atoms with Crippen LogP contribution in [0.4, 0.5) is 11.4 Å². The van der Waals surface area contributed by atoms with Gasteiger partial charge in [0.05, 0.1) is 13.2 Å². The average molecular weight is 437 g/mol. The number of amides is 1. The molecule has 0 atom stereocenters. The van der Waals surface area contributed by atoms with Crippen molar-refractivity contribution in [1.29, 1.82) is 0 Å². The van der Waals surface area contributed by atoms with Gasteiger partial charge in [0, 0.05) is 36.9 Å². The van der Waals surface area contributed by atoms with Crippen molar-refractivity contribution in [2.45, 2.75) is 32.6 Å². The number of aromatic nitrogens is 1. The second-order valence-electron chi connectivity index (χ2n) is 7.07. The lowest BCUT2D eigenvalue weighted by atomic mass is 10.1. The quantitative estimate of drug-likeness (QED) is 0.545. The molecular formula is C20H28N4O5S. The molecule has 0 bridgehead atoms. The third-order valence-electron chi connectivity index (χ3n) is 4.46. The number of esters is 1. The number of hydrogen-bond donors (Lipinski definition) is 3. The summed E-state index contributed by atoms with van der Waals surface area (Å²) in [5.74, 6) is -1.27. The van der Waals surface area contributed by atoms with Crippen LogP contribution >= 0.6 is 0 Å². The van der Waals surface area contributed by atoms with Gasteiger partial charge in [0.1, 0.15) is 10.5 Å². The van der Waals surface area contributed by atoms with Gasteiger partial charge in [-0.05, 0) is 45.4 Å². The summed E-state index contributed by atoms with van der Waals surface area (Å²) in [6.45, 7) is 6.35. The van der Waals surface area contributed by atoms with Crippen LogP contribution in [0.5, 0.6) is 0 Å². The van der Waals surface area contributed by atoms with E-state index in [4.69, 9.17) is 4.74 Å². The molecule has 10 heteroatoms. The van der Waals surface area contributed by atoms with Crippen LogP contribution in [0.25, 0.3) is 0 Å². The first kappa shape index (κ1) is 23.4. The summed E-state index contributed by atoms with van der Waals surface area (Å²) >= 11 is 0. The molecule has 0 spiro atoms. The topological polar surface area (TPSA) is 121 Å². The molecule has 2 rings (SSSR count). The molecule has 0 aliphatic rings. The molecule has 0 radical (unpaired) electrons. The standard InChI is InChI=1S/C20H28N4O5S/c1-7-29-20(26)18-13(3)22-14(4)19(18)30(27,28)21-11-17(25)23-15-9-8-12(2)16(10-15)24(5)6/h8-10,21-22H,7,11H2,1-6H3,(H,23,25). The predicted octanol–water partition coefficient (Wildman–Crippen LogP) is 2.10. The van der Waals surface area contributed by atoms with Crippen molar-refractivity contribution in [1.82, 2.24) is 9.71 Å². The first-order valence-electron chi connectivity index (χ1n) is 9.41. The van der Waals surface area contributed by atoms with E-state index in [1.807, 2.05) is 32.0 Å². The van der Waals surface area contributed by atoms with Crippen molar-refractivity contribution in [3.05, 3.63) is 40.7 Å². The minimum absolute atomic E-state index is 0.0589. The van der Waals surface area contributed by atoms with Gasteiger partial charge in [0.15, 0.2) is 0 Å². The van der Waals surface area contributed by atoms with E-state index in [-0.39, 0.29) is 22.8 Å². The van der Waals surface area contributed by atoms with Crippen LogP contribution in [0, 0.1) is 20.8 Å². The van der Waals surface area contributed by atoms with Crippen LogP contribution < -0.4 is 14.9 Å². The molecule has 164 valence electrons. The van der Waals surface area contributed by atoms with Crippen LogP contribution in [-0.2, 0) is 19.6 Å². The number of sulfonamides is 1. The molecule has 1 aromatic carbocycles. The number of nitrogens with one attached hydrogen (secondary N) is 3. The van der Waals surface area contributed by atoms with Crippen molar-refractivity contribution < 1.29 is 22.7 Å². The maximum absolute atomic E-state index is 12.8. The monoisotopic (exact) mass is 436 g/mol. The number of hydrogen-bond acceptors (Lipinski definition) is 6. The van der Waals surface area contributed by atoms with Crippen molar-refractivity contribution >= 4 is 33.3 Å². The maximum atomic E-state index is 12.8. The number of anilines is 2. The second-order valence-corrected chi connectivity index (χ2v) is 8.77. The Morgan fingerprint density at radius 2 is 1.80 bits per heavy atom. The fourth-order valence-electron chi connectivity index (χ4n) is 3.15. The van der Waals surface area contributed by atoms with E-state index in [0.717, 1.165) is 11.3 Å². The molecule has 0 unspecified atom stereocenters. The summed E-state index contributed by atoms with van der Waals surface area (Å²) in [4.78, 5) is 29.1. The van der Waals surface area contributed by atoms with Crippen LogP contribution in [0.15, 0.2) is 23.1 Å². The third-order valence-corrected chi connectivity index (χ3v) is 6.04. The molecule has 1 aromatic heterocycles. The van der Waals surface area contributed by atoms with Gasteiger partial charge < -0.3 is 19.9 Å². The number of benzene rings is 1. The Balaban J connectivity index is 2.17. The van der Waals surface area contributed by atoms with E-state index in [1.165, 1.54) is 0 Å². The van der Waals surface area contributed by atoms with Gasteiger partial charge >= 0.3 is 5.97 Å². The first-order valence-corrected chi connectivity index (χ1v) is 10.9. The normalized spacial score (nSPS) is 11.3. The molecule has 9 nitrogen and oxygen atoms in total. The first-order chi connectivity index (χ1) is 14.0. The van der Waals surface area contributed by atoms with Gasteiger partial charge in [0.25, 0.3) is 0 Å². The van der Waals surface area contributed by atoms with Gasteiger partial charge in [-0.1, -0.05) is 6.07 Å². The lowest BCUT2D eigenvalue weighted by Gasteiger charge is -2.17. The van der Waals surface area contributed by atoms with E-state index in [9.17, 15) is 18.0 Å². The zero-order valence-electron chi connectivity index (χ0n) is 18.0. The van der Waals surface area contributed by atoms with Gasteiger partial charge in [-0.3, -0.25) is 4.79 Å². The summed E-state index contributed by atoms with van der Waals surface area (Å²) in [7, 11) is -0.344. The summed E-state index contributed by atoms with van der Waals surface area (Å²) in [5.41, 5.74) is 3.14. The van der Waals surface area contributed by atoms with Crippen molar-refractivity contribution in [2.24, 2.45) is 0 Å². The number of nitrogens with zero attached hydrogens (tertiary/aromatic N) is 1. The fourth-order valence-corrected chi connectivity index (χ4v) is 4.57. The molecule has 30 heavy (non-hydrogen) atoms. The SMILES string of the molecule is CCOC(=O)c1c(C)[nH]c(C)c1S(=O)(=O)NCC(=O)Nc1ccc(C)c(N(C)C)c1. The minimum Gasteiger partial charge on any atom is -0.462 e. The lowest BCUT2D eigenvalue weighted by Crippen LogP contribution is -2.34. The Kier molecular flexibility index (Phi) is 7.27. The van der Waals surface area contributed by atoms with Crippen LogP contribution in [0.1, 0.15) is 34.2 Å². The van der Waals surface area contributed by atoms with E-state index in [0.29, 0.717) is 11.4 Å². The number of H-pyrrole nitrogens is 1. The number of aromatic amines is 1. The van der Waals surface area contributed by atoms with Gasteiger partial charge in [-0.15, -0.1) is 0 Å². The van der Waals surface area contributed by atoms with E-state index in [1.54, 1.807) is 32.9 Å². The van der Waals surface area contributed by atoms with E-state index >= 15 is 0 Å². The molecule has 0 saturated carbocycles. The molecule has 0 aliphatic carbocycles. The van der Waals surface area contributed by atoms with E-state index in [2.05, 4.69) is 15.0 Å². The fraction of sp³-hybridized carbons (Fsp3) is 0.400. The zero-order valence-corrected chi connectivity index (χ0v) is 18.9. The summed E-state index contributed by atoms with van der Waals surface area (Å²) in [5, 5.41) is 2.67. The Hall–Kier alpha value is -2.85.